The van der Waals surface area contributed by atoms with Crippen LogP contribution in [0.5, 0.6) is 0 Å². The molecule has 194 valence electrons. The van der Waals surface area contributed by atoms with Gasteiger partial charge in [0, 0.05) is 47.5 Å². The number of carbonyl (C=O) groups is 1. The van der Waals surface area contributed by atoms with E-state index >= 15 is 0 Å². The number of benzene rings is 2. The Bertz CT molecular complexity index is 1440. The maximum atomic E-state index is 13.2. The van der Waals surface area contributed by atoms with Crippen LogP contribution in [-0.2, 0) is 0 Å². The number of likely N-dealkylation sites (tertiary alicyclic amines) is 1. The highest BCUT2D eigenvalue weighted by Crippen LogP contribution is 2.33. The van der Waals surface area contributed by atoms with E-state index in [1.54, 1.807) is 0 Å². The van der Waals surface area contributed by atoms with Crippen molar-refractivity contribution in [3.8, 4) is 11.3 Å². The number of aromatic nitrogens is 3. The van der Waals surface area contributed by atoms with Crippen molar-refractivity contribution >= 4 is 42.3 Å². The monoisotopic (exact) mass is 525 g/mol. The molecule has 38 heavy (non-hydrogen) atoms. The molecule has 4 aromatic rings. The zero-order valence-corrected chi connectivity index (χ0v) is 22.6. The number of amides is 1. The summed E-state index contributed by atoms with van der Waals surface area (Å²) in [6.45, 7) is 1.45. The SMILES string of the molecule is Bc1cnn2c(NC3CCN(C(=O)c4ccc(C5CCCCC5)cc4)CC3)cc(-c3ccccc3Cl)nc12. The maximum Gasteiger partial charge on any atom is 0.253 e. The number of hydrogen-bond donors (Lipinski definition) is 1. The van der Waals surface area contributed by atoms with Gasteiger partial charge >= 0.3 is 0 Å². The van der Waals surface area contributed by atoms with Crippen molar-refractivity contribution < 1.29 is 4.79 Å². The molecule has 1 amide bonds. The highest BCUT2D eigenvalue weighted by atomic mass is 35.5. The third-order valence-corrected chi connectivity index (χ3v) is 8.50. The van der Waals surface area contributed by atoms with Gasteiger partial charge in [-0.15, -0.1) is 0 Å². The molecule has 2 aliphatic rings. The fourth-order valence-electron chi connectivity index (χ4n) is 5.93. The molecule has 0 spiro atoms. The molecule has 3 heterocycles. The lowest BCUT2D eigenvalue weighted by molar-refractivity contribution is 0.0718. The smallest absolute Gasteiger partial charge is 0.253 e. The predicted octanol–water partition coefficient (Wildman–Crippen LogP) is 5.07. The molecule has 0 bridgehead atoms. The van der Waals surface area contributed by atoms with E-state index < -0.39 is 0 Å². The Morgan fingerprint density at radius 2 is 1.71 bits per heavy atom. The van der Waals surface area contributed by atoms with E-state index in [0.29, 0.717) is 10.9 Å². The number of hydrogen-bond acceptors (Lipinski definition) is 4. The van der Waals surface area contributed by atoms with Gasteiger partial charge in [0.15, 0.2) is 5.65 Å². The molecule has 0 unspecified atom stereocenters. The van der Waals surface area contributed by atoms with Gasteiger partial charge in [0.1, 0.15) is 13.7 Å². The molecule has 6 rings (SSSR count). The van der Waals surface area contributed by atoms with Crippen molar-refractivity contribution in [1.29, 1.82) is 0 Å². The first-order valence-electron chi connectivity index (χ1n) is 13.8. The van der Waals surface area contributed by atoms with Gasteiger partial charge in [-0.05, 0) is 60.8 Å². The Morgan fingerprint density at radius 1 is 0.974 bits per heavy atom. The summed E-state index contributed by atoms with van der Waals surface area (Å²) in [6.07, 6.45) is 10.1. The second kappa shape index (κ2) is 10.8. The highest BCUT2D eigenvalue weighted by Gasteiger charge is 2.25. The average molecular weight is 526 g/mol. The standard InChI is InChI=1S/C30H33BClN5O/c31-25-19-33-37-28(18-27(35-29(25)37)24-8-4-5-9-26(24)32)34-23-14-16-36(17-15-23)30(38)22-12-10-21(11-13-22)20-6-2-1-3-7-20/h4-5,8-13,18-20,23,34H,1-3,6-7,14-17,31H2. The molecule has 1 aliphatic carbocycles. The summed E-state index contributed by atoms with van der Waals surface area (Å²) in [4.78, 5) is 20.1. The van der Waals surface area contributed by atoms with E-state index in [4.69, 9.17) is 16.6 Å². The van der Waals surface area contributed by atoms with Crippen LogP contribution in [0.1, 0.15) is 66.8 Å². The van der Waals surface area contributed by atoms with Gasteiger partial charge in [-0.2, -0.15) is 9.61 Å². The van der Waals surface area contributed by atoms with Gasteiger partial charge in [0.05, 0.1) is 5.69 Å². The summed E-state index contributed by atoms with van der Waals surface area (Å²) in [7, 11) is 2.02. The molecule has 2 fully saturated rings. The Labute approximate surface area is 229 Å². The summed E-state index contributed by atoms with van der Waals surface area (Å²) >= 11 is 6.49. The number of carbonyl (C=O) groups excluding carboxylic acids is 1. The van der Waals surface area contributed by atoms with E-state index in [-0.39, 0.29) is 11.9 Å². The van der Waals surface area contributed by atoms with Crippen molar-refractivity contribution in [2.45, 2.75) is 56.9 Å². The summed E-state index contributed by atoms with van der Waals surface area (Å²) in [5.41, 5.74) is 5.72. The topological polar surface area (TPSA) is 62.5 Å². The van der Waals surface area contributed by atoms with Crippen LogP contribution in [0.2, 0.25) is 5.02 Å². The summed E-state index contributed by atoms with van der Waals surface area (Å²) < 4.78 is 1.86. The third-order valence-electron chi connectivity index (χ3n) is 8.17. The molecule has 0 radical (unpaired) electrons. The van der Waals surface area contributed by atoms with E-state index in [0.717, 1.165) is 59.7 Å². The molecule has 1 N–H and O–H groups in total. The number of fused-ring (bicyclic) bond motifs is 1. The van der Waals surface area contributed by atoms with Gasteiger partial charge in [-0.1, -0.05) is 61.2 Å². The zero-order valence-electron chi connectivity index (χ0n) is 21.9. The van der Waals surface area contributed by atoms with Gasteiger partial charge in [-0.25, -0.2) is 4.98 Å². The minimum atomic E-state index is 0.133. The van der Waals surface area contributed by atoms with Crippen LogP contribution in [0.4, 0.5) is 5.82 Å². The first-order chi connectivity index (χ1) is 18.6. The molecule has 1 saturated heterocycles. The normalized spacial score (nSPS) is 17.1. The molecular weight excluding hydrogens is 493 g/mol. The minimum absolute atomic E-state index is 0.133. The van der Waals surface area contributed by atoms with Crippen LogP contribution < -0.4 is 10.8 Å². The minimum Gasteiger partial charge on any atom is -0.367 e. The number of anilines is 1. The van der Waals surface area contributed by atoms with Gasteiger partial charge < -0.3 is 10.2 Å². The van der Waals surface area contributed by atoms with Crippen molar-refractivity contribution in [2.24, 2.45) is 0 Å². The molecule has 8 heteroatoms. The third kappa shape index (κ3) is 5.04. The van der Waals surface area contributed by atoms with Crippen LogP contribution in [0.25, 0.3) is 16.9 Å². The van der Waals surface area contributed by atoms with Crippen molar-refractivity contribution in [3.05, 3.63) is 76.9 Å². The predicted molar refractivity (Wildman–Crippen MR) is 156 cm³/mol. The summed E-state index contributed by atoms with van der Waals surface area (Å²) in [6, 6.07) is 18.4. The molecule has 6 nitrogen and oxygen atoms in total. The zero-order chi connectivity index (χ0) is 26.1. The molecule has 2 aromatic heterocycles. The Kier molecular flexibility index (Phi) is 7.11. The average Bonchev–Trinajstić information content (AvgIpc) is 3.34. The van der Waals surface area contributed by atoms with Crippen molar-refractivity contribution in [1.82, 2.24) is 19.5 Å². The van der Waals surface area contributed by atoms with Crippen LogP contribution in [-0.4, -0.2) is 52.4 Å². The first kappa shape index (κ1) is 25.0. The Balaban J connectivity index is 1.14. The molecule has 0 atom stereocenters. The molecule has 2 aromatic carbocycles. The van der Waals surface area contributed by atoms with E-state index in [2.05, 4.69) is 22.5 Å². The number of rotatable bonds is 5. The van der Waals surface area contributed by atoms with Gasteiger partial charge in [-0.3, -0.25) is 4.79 Å². The highest BCUT2D eigenvalue weighted by molar-refractivity contribution is 6.36. The Morgan fingerprint density at radius 3 is 2.45 bits per heavy atom. The summed E-state index contributed by atoms with van der Waals surface area (Å²) in [5, 5.41) is 8.92. The lowest BCUT2D eigenvalue weighted by Crippen LogP contribution is -2.42. The molecule has 1 aliphatic heterocycles. The van der Waals surface area contributed by atoms with Crippen molar-refractivity contribution in [2.75, 3.05) is 18.4 Å². The van der Waals surface area contributed by atoms with E-state index in [1.807, 2.05) is 65.9 Å². The van der Waals surface area contributed by atoms with Crippen molar-refractivity contribution in [3.63, 3.8) is 0 Å². The quantitative estimate of drug-likeness (QED) is 0.370. The number of nitrogens with zero attached hydrogens (tertiary/aromatic N) is 4. The van der Waals surface area contributed by atoms with Gasteiger partial charge in [0.2, 0.25) is 0 Å². The number of nitrogens with one attached hydrogen (secondary N) is 1. The maximum absolute atomic E-state index is 13.2. The van der Waals surface area contributed by atoms with Crippen LogP contribution in [0.15, 0.2) is 60.8 Å². The largest absolute Gasteiger partial charge is 0.367 e. The van der Waals surface area contributed by atoms with E-state index in [1.165, 1.54) is 37.7 Å². The lowest BCUT2D eigenvalue weighted by Gasteiger charge is -2.33. The second-order valence-corrected chi connectivity index (χ2v) is 11.1. The van der Waals surface area contributed by atoms with E-state index in [9.17, 15) is 4.79 Å². The first-order valence-corrected chi connectivity index (χ1v) is 14.2. The van der Waals surface area contributed by atoms with Crippen LogP contribution >= 0.6 is 11.6 Å². The second-order valence-electron chi connectivity index (χ2n) is 10.7. The van der Waals surface area contributed by atoms with Crippen LogP contribution in [0.3, 0.4) is 0 Å². The number of piperidine rings is 1. The van der Waals surface area contributed by atoms with Crippen LogP contribution in [0, 0.1) is 0 Å². The molecular formula is C30H33BClN5O. The molecule has 1 saturated carbocycles. The summed E-state index contributed by atoms with van der Waals surface area (Å²) in [5.74, 6) is 1.68. The fourth-order valence-corrected chi connectivity index (χ4v) is 6.17. The fraction of sp³-hybridized carbons (Fsp3) is 0.367. The number of halogens is 1. The Hall–Kier alpha value is -3.32. The van der Waals surface area contributed by atoms with Gasteiger partial charge in [0.25, 0.3) is 5.91 Å². The lowest BCUT2D eigenvalue weighted by atomic mass is 9.84.